The second-order valence-electron chi connectivity index (χ2n) is 9.88. The number of amides is 1. The predicted molar refractivity (Wildman–Crippen MR) is 118 cm³/mol. The lowest BCUT2D eigenvalue weighted by Crippen LogP contribution is -2.36. The average Bonchev–Trinajstić information content (AvgIpc) is 3.27. The van der Waals surface area contributed by atoms with Gasteiger partial charge in [0.1, 0.15) is 0 Å². The van der Waals surface area contributed by atoms with Gasteiger partial charge in [0.15, 0.2) is 0 Å². The molecule has 1 amide bonds. The number of benzene rings is 1. The van der Waals surface area contributed by atoms with E-state index in [0.29, 0.717) is 37.8 Å². The molecule has 2 atom stereocenters. The van der Waals surface area contributed by atoms with Crippen LogP contribution < -0.4 is 5.32 Å². The first kappa shape index (κ1) is 28.5. The van der Waals surface area contributed by atoms with Gasteiger partial charge in [-0.3, -0.25) is 9.59 Å². The van der Waals surface area contributed by atoms with Gasteiger partial charge in [0.25, 0.3) is 0 Å². The Kier molecular flexibility index (Phi) is 8.18. The van der Waals surface area contributed by atoms with Gasteiger partial charge < -0.3 is 10.4 Å². The maximum atomic E-state index is 12.8. The van der Waals surface area contributed by atoms with Crippen LogP contribution in [0.5, 0.6) is 0 Å². The van der Waals surface area contributed by atoms with E-state index in [-0.39, 0.29) is 11.6 Å². The number of alkyl halides is 6. The van der Waals surface area contributed by atoms with Crippen molar-refractivity contribution in [2.24, 2.45) is 10.8 Å². The lowest BCUT2D eigenvalue weighted by Gasteiger charge is -2.22. The number of carbonyl (C=O) groups excluding carboxylic acids is 1. The number of hydrogen-bond donors (Lipinski definition) is 2. The van der Waals surface area contributed by atoms with Crippen molar-refractivity contribution in [3.8, 4) is 0 Å². The zero-order valence-electron chi connectivity index (χ0n) is 19.6. The van der Waals surface area contributed by atoms with Crippen LogP contribution >= 0.6 is 0 Å². The van der Waals surface area contributed by atoms with Gasteiger partial charge in [0, 0.05) is 6.54 Å². The second kappa shape index (κ2) is 10.1. The van der Waals surface area contributed by atoms with Crippen molar-refractivity contribution in [3.63, 3.8) is 0 Å². The Balaban J connectivity index is 0.000000360. The minimum atomic E-state index is -4.91. The van der Waals surface area contributed by atoms with Crippen LogP contribution in [0.2, 0.25) is 0 Å². The van der Waals surface area contributed by atoms with E-state index >= 15 is 0 Å². The van der Waals surface area contributed by atoms with Crippen LogP contribution in [0.25, 0.3) is 0 Å². The van der Waals surface area contributed by atoms with Crippen LogP contribution in [-0.2, 0) is 28.5 Å². The van der Waals surface area contributed by atoms with Crippen molar-refractivity contribution < 1.29 is 41.0 Å². The summed E-state index contributed by atoms with van der Waals surface area (Å²) in [5.74, 6) is -1.09. The molecule has 194 valence electrons. The maximum absolute atomic E-state index is 12.8. The van der Waals surface area contributed by atoms with Gasteiger partial charge in [-0.15, -0.1) is 0 Å². The predicted octanol–water partition coefficient (Wildman–Crippen LogP) is 6.90. The van der Waals surface area contributed by atoms with E-state index in [9.17, 15) is 35.9 Å². The molecule has 0 aliphatic heterocycles. The Morgan fingerprint density at radius 3 is 1.63 bits per heavy atom. The smallest absolute Gasteiger partial charge is 0.416 e. The largest absolute Gasteiger partial charge is 0.481 e. The lowest BCUT2D eigenvalue weighted by molar-refractivity contribution is -0.147. The van der Waals surface area contributed by atoms with Gasteiger partial charge in [0.2, 0.25) is 5.91 Å². The molecule has 0 heterocycles. The SMILES string of the molecule is C=C1CCC(C)(C(=O)NCc2cc(C(F)(F)F)cc(C(F)(F)F)c2)C1.C=C1CCC(C)(C(=O)O)C1. The summed E-state index contributed by atoms with van der Waals surface area (Å²) in [6, 6.07) is 1.30. The van der Waals surface area contributed by atoms with Crippen molar-refractivity contribution in [2.45, 2.75) is 71.3 Å². The fourth-order valence-electron chi connectivity index (χ4n) is 4.26. The summed E-state index contributed by atoms with van der Waals surface area (Å²) in [6.45, 7) is 10.6. The second-order valence-corrected chi connectivity index (χ2v) is 9.88. The van der Waals surface area contributed by atoms with Crippen LogP contribution in [0.3, 0.4) is 0 Å². The molecule has 2 aliphatic rings. The fourth-order valence-corrected chi connectivity index (χ4v) is 4.26. The molecular weight excluding hydrogens is 476 g/mol. The number of nitrogens with one attached hydrogen (secondary N) is 1. The number of aliphatic carboxylic acids is 1. The average molecular weight is 505 g/mol. The van der Waals surface area contributed by atoms with Gasteiger partial charge in [0.05, 0.1) is 22.0 Å². The van der Waals surface area contributed by atoms with Crippen LogP contribution in [0.15, 0.2) is 42.5 Å². The van der Waals surface area contributed by atoms with E-state index in [4.69, 9.17) is 5.11 Å². The molecular formula is C25H29F6NO3. The minimum Gasteiger partial charge on any atom is -0.481 e. The molecule has 0 saturated heterocycles. The summed E-state index contributed by atoms with van der Waals surface area (Å²) >= 11 is 0. The van der Waals surface area contributed by atoms with E-state index < -0.39 is 52.7 Å². The number of carboxylic acids is 1. The van der Waals surface area contributed by atoms with E-state index in [1.807, 2.05) is 0 Å². The van der Waals surface area contributed by atoms with E-state index in [0.717, 1.165) is 24.0 Å². The molecule has 35 heavy (non-hydrogen) atoms. The highest BCUT2D eigenvalue weighted by Gasteiger charge is 2.39. The van der Waals surface area contributed by atoms with Crippen molar-refractivity contribution >= 4 is 11.9 Å². The van der Waals surface area contributed by atoms with Crippen LogP contribution in [0.4, 0.5) is 26.3 Å². The molecule has 0 aromatic heterocycles. The summed E-state index contributed by atoms with van der Waals surface area (Å²) in [5.41, 5.74) is -2.32. The topological polar surface area (TPSA) is 66.4 Å². The van der Waals surface area contributed by atoms with Crippen LogP contribution in [0.1, 0.15) is 69.1 Å². The number of allylic oxidation sites excluding steroid dienone is 2. The molecule has 0 bridgehead atoms. The standard InChI is InChI=1S/C17H17F6NO.C8H12O2/c1-10-3-4-15(2,8-10)14(25)24-9-11-5-12(16(18,19)20)7-13(6-11)17(21,22)23;1-6-3-4-8(2,5-6)7(9)10/h5-7H,1,3-4,8-9H2,2H3,(H,24,25);1,3-5H2,2H3,(H,9,10). The summed E-state index contributed by atoms with van der Waals surface area (Å²) in [7, 11) is 0. The Labute approximate surface area is 200 Å². The van der Waals surface area contributed by atoms with E-state index in [1.165, 1.54) is 0 Å². The quantitative estimate of drug-likeness (QED) is 0.345. The number of carboxylic acid groups (broad SMARTS) is 1. The molecule has 3 rings (SSSR count). The van der Waals surface area contributed by atoms with Gasteiger partial charge in [-0.2, -0.15) is 26.3 Å². The zero-order valence-corrected chi connectivity index (χ0v) is 19.6. The molecule has 2 aliphatic carbocycles. The van der Waals surface area contributed by atoms with E-state index in [1.54, 1.807) is 13.8 Å². The molecule has 2 N–H and O–H groups in total. The van der Waals surface area contributed by atoms with Crippen molar-refractivity contribution in [3.05, 3.63) is 59.2 Å². The molecule has 10 heteroatoms. The third-order valence-corrected chi connectivity index (χ3v) is 6.51. The van der Waals surface area contributed by atoms with Gasteiger partial charge in [-0.1, -0.05) is 31.2 Å². The number of halogens is 6. The van der Waals surface area contributed by atoms with Gasteiger partial charge in [-0.25, -0.2) is 0 Å². The Bertz CT molecular complexity index is 981. The Morgan fingerprint density at radius 1 is 0.886 bits per heavy atom. The molecule has 0 spiro atoms. The zero-order chi connectivity index (χ0) is 26.8. The third-order valence-electron chi connectivity index (χ3n) is 6.51. The summed E-state index contributed by atoms with van der Waals surface area (Å²) in [5, 5.41) is 11.2. The molecule has 0 radical (unpaired) electrons. The van der Waals surface area contributed by atoms with Gasteiger partial charge >= 0.3 is 18.3 Å². The van der Waals surface area contributed by atoms with Crippen molar-refractivity contribution in [1.82, 2.24) is 5.32 Å². The number of rotatable bonds is 4. The highest BCUT2D eigenvalue weighted by Crippen LogP contribution is 2.41. The highest BCUT2D eigenvalue weighted by atomic mass is 19.4. The highest BCUT2D eigenvalue weighted by molar-refractivity contribution is 5.83. The van der Waals surface area contributed by atoms with Crippen LogP contribution in [-0.4, -0.2) is 17.0 Å². The molecule has 1 aromatic rings. The first-order valence-electron chi connectivity index (χ1n) is 11.0. The molecule has 2 unspecified atom stereocenters. The fraction of sp³-hybridized carbons (Fsp3) is 0.520. The first-order valence-corrected chi connectivity index (χ1v) is 11.0. The monoisotopic (exact) mass is 505 g/mol. The first-order chi connectivity index (χ1) is 15.9. The molecule has 1 aromatic carbocycles. The summed E-state index contributed by atoms with van der Waals surface area (Å²) < 4.78 is 76.9. The lowest BCUT2D eigenvalue weighted by atomic mass is 9.87. The molecule has 4 nitrogen and oxygen atoms in total. The van der Waals surface area contributed by atoms with Crippen molar-refractivity contribution in [2.75, 3.05) is 0 Å². The molecule has 2 fully saturated rings. The summed E-state index contributed by atoms with van der Waals surface area (Å²) in [6.07, 6.45) is -5.86. The Hall–Kier alpha value is -2.78. The normalized spacial score (nSPS) is 24.7. The third kappa shape index (κ3) is 7.35. The number of hydrogen-bond acceptors (Lipinski definition) is 2. The molecule has 2 saturated carbocycles. The van der Waals surface area contributed by atoms with Crippen LogP contribution in [0, 0.1) is 10.8 Å². The maximum Gasteiger partial charge on any atom is 0.416 e. The minimum absolute atomic E-state index is 0.0631. The summed E-state index contributed by atoms with van der Waals surface area (Å²) in [4.78, 5) is 22.9. The number of carbonyl (C=O) groups is 2. The van der Waals surface area contributed by atoms with Gasteiger partial charge in [-0.05, 0) is 69.2 Å². The van der Waals surface area contributed by atoms with Crippen molar-refractivity contribution in [1.29, 1.82) is 0 Å². The van der Waals surface area contributed by atoms with E-state index in [2.05, 4.69) is 18.5 Å². The Morgan fingerprint density at radius 2 is 1.31 bits per heavy atom.